The summed E-state index contributed by atoms with van der Waals surface area (Å²) in [4.78, 5) is 37.8. The number of carbonyl (C=O) groups excluding carboxylic acids is 3. The van der Waals surface area contributed by atoms with Gasteiger partial charge in [0.15, 0.2) is 0 Å². The molecular weight excluding hydrogens is 306 g/mol. The lowest BCUT2D eigenvalue weighted by atomic mass is 9.94. The first-order valence-corrected chi connectivity index (χ1v) is 9.14. The molecular formula is C18H33N3O3. The van der Waals surface area contributed by atoms with Crippen LogP contribution in [-0.2, 0) is 9.59 Å². The molecule has 1 aliphatic heterocycles. The average Bonchev–Trinajstić information content (AvgIpc) is 2.70. The fraction of sp³-hybridized carbons (Fsp3) is 0.833. The van der Waals surface area contributed by atoms with Gasteiger partial charge in [0.1, 0.15) is 12.1 Å². The van der Waals surface area contributed by atoms with Crippen molar-refractivity contribution in [1.82, 2.24) is 15.5 Å². The minimum absolute atomic E-state index is 0.00298. The van der Waals surface area contributed by atoms with Gasteiger partial charge in [-0.15, -0.1) is 0 Å². The molecule has 0 aliphatic carbocycles. The summed E-state index contributed by atoms with van der Waals surface area (Å²) in [5.74, 6) is -0.298. The first-order valence-electron chi connectivity index (χ1n) is 9.14. The standard InChI is InChI=1S/C18H33N3O3/c1-6-7-8-9-10-11-18(5)16(23)21(17(24)20-18)12-15(22)19-14(4)13(2)3/h13-14H,6-12H2,1-5H3,(H,19,22)(H,20,24)/t14-,18+/m1/s1. The summed E-state index contributed by atoms with van der Waals surface area (Å²) >= 11 is 0. The molecule has 1 fully saturated rings. The van der Waals surface area contributed by atoms with E-state index in [1.807, 2.05) is 20.8 Å². The SMILES string of the molecule is CCCCCCC[C@]1(C)NC(=O)N(CC(=O)N[C@H](C)C(C)C)C1=O. The van der Waals surface area contributed by atoms with Crippen LogP contribution in [-0.4, -0.2) is 40.9 Å². The second-order valence-corrected chi connectivity index (χ2v) is 7.42. The van der Waals surface area contributed by atoms with Gasteiger partial charge in [-0.05, 0) is 26.2 Å². The van der Waals surface area contributed by atoms with Crippen LogP contribution in [0.3, 0.4) is 0 Å². The molecule has 0 spiro atoms. The molecule has 0 radical (unpaired) electrons. The zero-order valence-electron chi connectivity index (χ0n) is 15.8. The molecule has 6 nitrogen and oxygen atoms in total. The Hall–Kier alpha value is -1.59. The quantitative estimate of drug-likeness (QED) is 0.474. The van der Waals surface area contributed by atoms with Crippen molar-refractivity contribution in [2.24, 2.45) is 5.92 Å². The molecule has 0 saturated carbocycles. The third kappa shape index (κ3) is 5.49. The average molecular weight is 339 g/mol. The van der Waals surface area contributed by atoms with E-state index in [4.69, 9.17) is 0 Å². The number of carbonyl (C=O) groups is 3. The van der Waals surface area contributed by atoms with E-state index in [1.54, 1.807) is 6.92 Å². The van der Waals surface area contributed by atoms with Crippen molar-refractivity contribution in [2.45, 2.75) is 84.7 Å². The zero-order valence-corrected chi connectivity index (χ0v) is 15.8. The largest absolute Gasteiger partial charge is 0.352 e. The summed E-state index contributed by atoms with van der Waals surface area (Å²) in [5, 5.41) is 5.59. The van der Waals surface area contributed by atoms with E-state index < -0.39 is 11.6 Å². The van der Waals surface area contributed by atoms with Crippen molar-refractivity contribution in [1.29, 1.82) is 0 Å². The Balaban J connectivity index is 2.54. The van der Waals surface area contributed by atoms with E-state index in [2.05, 4.69) is 17.6 Å². The number of hydrogen-bond donors (Lipinski definition) is 2. The van der Waals surface area contributed by atoms with Crippen LogP contribution in [0.2, 0.25) is 0 Å². The van der Waals surface area contributed by atoms with Crippen molar-refractivity contribution in [3.63, 3.8) is 0 Å². The van der Waals surface area contributed by atoms with Crippen molar-refractivity contribution in [3.8, 4) is 0 Å². The Kier molecular flexibility index (Phi) is 7.70. The topological polar surface area (TPSA) is 78.5 Å². The normalized spacial score (nSPS) is 22.0. The molecule has 0 bridgehead atoms. The molecule has 2 atom stereocenters. The van der Waals surface area contributed by atoms with Crippen molar-refractivity contribution in [2.75, 3.05) is 6.54 Å². The van der Waals surface area contributed by atoms with Crippen molar-refractivity contribution < 1.29 is 14.4 Å². The number of imide groups is 1. The molecule has 6 heteroatoms. The number of nitrogens with zero attached hydrogens (tertiary/aromatic N) is 1. The van der Waals surface area contributed by atoms with Crippen LogP contribution in [0.4, 0.5) is 4.79 Å². The van der Waals surface area contributed by atoms with Crippen LogP contribution in [0.1, 0.15) is 73.1 Å². The van der Waals surface area contributed by atoms with E-state index in [-0.39, 0.29) is 24.4 Å². The number of unbranched alkanes of at least 4 members (excludes halogenated alkanes) is 4. The zero-order chi connectivity index (χ0) is 18.3. The van der Waals surface area contributed by atoms with Gasteiger partial charge in [0.05, 0.1) is 0 Å². The summed E-state index contributed by atoms with van der Waals surface area (Å²) in [6, 6.07) is -0.466. The molecule has 0 aromatic heterocycles. The van der Waals surface area contributed by atoms with E-state index in [0.29, 0.717) is 12.3 Å². The van der Waals surface area contributed by atoms with E-state index >= 15 is 0 Å². The van der Waals surface area contributed by atoms with Crippen LogP contribution < -0.4 is 10.6 Å². The molecule has 24 heavy (non-hydrogen) atoms. The summed E-state index contributed by atoms with van der Waals surface area (Å²) in [6.45, 7) is 9.62. The number of amides is 4. The molecule has 0 unspecified atom stereocenters. The first kappa shape index (κ1) is 20.5. The van der Waals surface area contributed by atoms with Gasteiger partial charge in [-0.1, -0.05) is 52.9 Å². The highest BCUT2D eigenvalue weighted by Crippen LogP contribution is 2.24. The molecule has 1 rings (SSSR count). The van der Waals surface area contributed by atoms with Crippen LogP contribution in [0.25, 0.3) is 0 Å². The predicted octanol–water partition coefficient (Wildman–Crippen LogP) is 2.82. The van der Waals surface area contributed by atoms with Gasteiger partial charge in [0.2, 0.25) is 5.91 Å². The highest BCUT2D eigenvalue weighted by molar-refractivity contribution is 6.08. The number of urea groups is 1. The summed E-state index contributed by atoms with van der Waals surface area (Å²) in [6.07, 6.45) is 6.07. The molecule has 1 saturated heterocycles. The van der Waals surface area contributed by atoms with Gasteiger partial charge in [0, 0.05) is 6.04 Å². The molecule has 0 aromatic rings. The molecule has 2 N–H and O–H groups in total. The molecule has 4 amide bonds. The molecule has 1 heterocycles. The summed E-state index contributed by atoms with van der Waals surface area (Å²) < 4.78 is 0. The summed E-state index contributed by atoms with van der Waals surface area (Å²) in [7, 11) is 0. The van der Waals surface area contributed by atoms with Crippen LogP contribution in [0.15, 0.2) is 0 Å². The molecule has 0 aromatic carbocycles. The second-order valence-electron chi connectivity index (χ2n) is 7.42. The fourth-order valence-corrected chi connectivity index (χ4v) is 2.75. The van der Waals surface area contributed by atoms with Gasteiger partial charge in [0.25, 0.3) is 5.91 Å². The van der Waals surface area contributed by atoms with Crippen molar-refractivity contribution in [3.05, 3.63) is 0 Å². The lowest BCUT2D eigenvalue weighted by molar-refractivity contribution is -0.135. The molecule has 1 aliphatic rings. The minimum atomic E-state index is -0.882. The summed E-state index contributed by atoms with van der Waals surface area (Å²) in [5.41, 5.74) is -0.882. The van der Waals surface area contributed by atoms with E-state index in [1.165, 1.54) is 12.8 Å². The number of hydrogen-bond acceptors (Lipinski definition) is 3. The maximum Gasteiger partial charge on any atom is 0.325 e. The lowest BCUT2D eigenvalue weighted by Gasteiger charge is -2.22. The Morgan fingerprint density at radius 3 is 2.38 bits per heavy atom. The van der Waals surface area contributed by atoms with Gasteiger partial charge < -0.3 is 10.6 Å². The maximum atomic E-state index is 12.6. The van der Waals surface area contributed by atoms with Crippen molar-refractivity contribution >= 4 is 17.8 Å². The highest BCUT2D eigenvalue weighted by atomic mass is 16.2. The highest BCUT2D eigenvalue weighted by Gasteiger charge is 2.47. The fourth-order valence-electron chi connectivity index (χ4n) is 2.75. The Morgan fingerprint density at radius 2 is 1.79 bits per heavy atom. The minimum Gasteiger partial charge on any atom is -0.352 e. The Bertz CT molecular complexity index is 464. The Morgan fingerprint density at radius 1 is 1.17 bits per heavy atom. The third-order valence-electron chi connectivity index (χ3n) is 4.82. The Labute approximate surface area is 145 Å². The second kappa shape index (κ2) is 9.04. The van der Waals surface area contributed by atoms with Gasteiger partial charge in [-0.3, -0.25) is 14.5 Å². The van der Waals surface area contributed by atoms with Gasteiger partial charge in [-0.2, -0.15) is 0 Å². The first-order chi connectivity index (χ1) is 11.2. The van der Waals surface area contributed by atoms with Gasteiger partial charge in [-0.25, -0.2) is 4.79 Å². The van der Waals surface area contributed by atoms with Gasteiger partial charge >= 0.3 is 6.03 Å². The maximum absolute atomic E-state index is 12.6. The molecule has 138 valence electrons. The monoisotopic (exact) mass is 339 g/mol. The van der Waals surface area contributed by atoms with Crippen LogP contribution in [0, 0.1) is 5.92 Å². The van der Waals surface area contributed by atoms with E-state index in [0.717, 1.165) is 24.2 Å². The van der Waals surface area contributed by atoms with Crippen LogP contribution in [0.5, 0.6) is 0 Å². The number of rotatable bonds is 10. The lowest BCUT2D eigenvalue weighted by Crippen LogP contribution is -2.46. The third-order valence-corrected chi connectivity index (χ3v) is 4.82. The van der Waals surface area contributed by atoms with E-state index in [9.17, 15) is 14.4 Å². The predicted molar refractivity (Wildman–Crippen MR) is 94.5 cm³/mol. The number of nitrogens with one attached hydrogen (secondary N) is 2. The van der Waals surface area contributed by atoms with Crippen LogP contribution >= 0.6 is 0 Å². The smallest absolute Gasteiger partial charge is 0.325 e.